The van der Waals surface area contributed by atoms with Gasteiger partial charge in [0.05, 0.1) is 12.2 Å². The summed E-state index contributed by atoms with van der Waals surface area (Å²) in [5.74, 6) is -0.230. The summed E-state index contributed by atoms with van der Waals surface area (Å²) >= 11 is 0. The zero-order chi connectivity index (χ0) is 14.6. The van der Waals surface area contributed by atoms with Crippen molar-refractivity contribution in [1.82, 2.24) is 5.32 Å². The third-order valence-electron chi connectivity index (χ3n) is 4.28. The summed E-state index contributed by atoms with van der Waals surface area (Å²) in [7, 11) is 0. The molecule has 1 amide bonds. The number of nitrogens with one attached hydrogen (secondary N) is 1. The lowest BCUT2D eigenvalue weighted by Crippen LogP contribution is -2.82. The summed E-state index contributed by atoms with van der Waals surface area (Å²) in [5, 5.41) is 2.88. The number of amides is 1. The van der Waals surface area contributed by atoms with Crippen molar-refractivity contribution in [2.24, 2.45) is 5.73 Å². The molecule has 0 saturated heterocycles. The first-order valence-electron chi connectivity index (χ1n) is 6.63. The van der Waals surface area contributed by atoms with Crippen molar-refractivity contribution >= 4 is 5.91 Å². The molecular formula is C12H17F3N2O3. The number of hydrogen-bond donors (Lipinski definition) is 2. The SMILES string of the molecule is NC12CC(NC(=O)COC3CC(OC(F)(F)F)C3)(C1)C2. The van der Waals surface area contributed by atoms with Crippen LogP contribution in [-0.4, -0.2) is 42.2 Å². The van der Waals surface area contributed by atoms with Crippen molar-refractivity contribution in [3.8, 4) is 0 Å². The van der Waals surface area contributed by atoms with E-state index in [2.05, 4.69) is 10.1 Å². The molecule has 0 radical (unpaired) electrons. The molecule has 4 aliphatic rings. The molecule has 4 fully saturated rings. The second kappa shape index (κ2) is 4.32. The van der Waals surface area contributed by atoms with Crippen LogP contribution in [0.1, 0.15) is 32.1 Å². The number of hydrogen-bond acceptors (Lipinski definition) is 4. The molecule has 0 heterocycles. The van der Waals surface area contributed by atoms with E-state index in [0.717, 1.165) is 19.3 Å². The van der Waals surface area contributed by atoms with Gasteiger partial charge in [-0.1, -0.05) is 0 Å². The molecule has 114 valence electrons. The van der Waals surface area contributed by atoms with E-state index in [0.29, 0.717) is 0 Å². The maximum absolute atomic E-state index is 11.9. The van der Waals surface area contributed by atoms with E-state index in [9.17, 15) is 18.0 Å². The third-order valence-corrected chi connectivity index (χ3v) is 4.28. The largest absolute Gasteiger partial charge is 0.522 e. The minimum absolute atomic E-state index is 0.0791. The van der Waals surface area contributed by atoms with Crippen LogP contribution in [0.3, 0.4) is 0 Å². The van der Waals surface area contributed by atoms with E-state index in [-0.39, 0.29) is 42.5 Å². The lowest BCUT2D eigenvalue weighted by Gasteiger charge is -2.68. The molecule has 3 N–H and O–H groups in total. The van der Waals surface area contributed by atoms with Crippen molar-refractivity contribution < 1.29 is 27.4 Å². The van der Waals surface area contributed by atoms with E-state index >= 15 is 0 Å². The van der Waals surface area contributed by atoms with E-state index in [4.69, 9.17) is 10.5 Å². The van der Waals surface area contributed by atoms with Crippen LogP contribution in [0.25, 0.3) is 0 Å². The number of halogens is 3. The zero-order valence-electron chi connectivity index (χ0n) is 10.8. The fourth-order valence-corrected chi connectivity index (χ4v) is 3.46. The zero-order valence-corrected chi connectivity index (χ0v) is 10.8. The molecular weight excluding hydrogens is 277 g/mol. The minimum Gasteiger partial charge on any atom is -0.368 e. The Morgan fingerprint density at radius 2 is 1.85 bits per heavy atom. The molecule has 20 heavy (non-hydrogen) atoms. The van der Waals surface area contributed by atoms with E-state index in [1.54, 1.807) is 0 Å². The van der Waals surface area contributed by atoms with Gasteiger partial charge in [0.1, 0.15) is 6.61 Å². The van der Waals surface area contributed by atoms with Crippen LogP contribution in [0.2, 0.25) is 0 Å². The van der Waals surface area contributed by atoms with Crippen LogP contribution in [-0.2, 0) is 14.3 Å². The molecule has 0 atom stereocenters. The van der Waals surface area contributed by atoms with Crippen LogP contribution in [0.15, 0.2) is 0 Å². The Kier molecular flexibility index (Phi) is 3.04. The second-order valence-electron chi connectivity index (χ2n) is 6.31. The van der Waals surface area contributed by atoms with E-state index < -0.39 is 12.5 Å². The van der Waals surface area contributed by atoms with Crippen molar-refractivity contribution in [1.29, 1.82) is 0 Å². The van der Waals surface area contributed by atoms with Gasteiger partial charge in [0, 0.05) is 23.9 Å². The van der Waals surface area contributed by atoms with Gasteiger partial charge in [-0.3, -0.25) is 9.53 Å². The van der Waals surface area contributed by atoms with E-state index in [1.807, 2.05) is 0 Å². The normalized spacial score (nSPS) is 42.2. The second-order valence-corrected chi connectivity index (χ2v) is 6.31. The Hall–Kier alpha value is -0.860. The van der Waals surface area contributed by atoms with Gasteiger partial charge < -0.3 is 15.8 Å². The van der Waals surface area contributed by atoms with Gasteiger partial charge in [0.15, 0.2) is 0 Å². The standard InChI is InChI=1S/C12H17F3N2O3/c13-12(14,15)20-8-1-7(2-8)19-3-9(18)17-11-4-10(16,5-11)6-11/h7-8H,1-6,16H2,(H,17,18). The molecule has 8 heteroatoms. The summed E-state index contributed by atoms with van der Waals surface area (Å²) in [6, 6.07) is 0. The highest BCUT2D eigenvalue weighted by Gasteiger charge is 2.66. The predicted octanol–water partition coefficient (Wildman–Crippen LogP) is 0.820. The summed E-state index contributed by atoms with van der Waals surface area (Å²) < 4.78 is 44.8. The average Bonchev–Trinajstić information content (AvgIpc) is 2.15. The molecule has 0 aliphatic heterocycles. The quantitative estimate of drug-likeness (QED) is 0.787. The molecule has 4 rings (SSSR count). The smallest absolute Gasteiger partial charge is 0.368 e. The highest BCUT2D eigenvalue weighted by atomic mass is 19.4. The minimum atomic E-state index is -4.60. The Morgan fingerprint density at radius 3 is 2.35 bits per heavy atom. The summed E-state index contributed by atoms with van der Waals surface area (Å²) in [6.45, 7) is -0.122. The highest BCUT2D eigenvalue weighted by Crippen LogP contribution is 2.58. The van der Waals surface area contributed by atoms with Gasteiger partial charge >= 0.3 is 6.36 Å². The highest BCUT2D eigenvalue weighted by molar-refractivity contribution is 5.79. The molecule has 0 aromatic carbocycles. The monoisotopic (exact) mass is 294 g/mol. The van der Waals surface area contributed by atoms with Gasteiger partial charge in [-0.25, -0.2) is 0 Å². The summed E-state index contributed by atoms with van der Waals surface area (Å²) in [5.41, 5.74) is 5.66. The van der Waals surface area contributed by atoms with Gasteiger partial charge in [-0.15, -0.1) is 13.2 Å². The third kappa shape index (κ3) is 2.77. The van der Waals surface area contributed by atoms with E-state index in [1.165, 1.54) is 0 Å². The molecule has 0 spiro atoms. The average molecular weight is 294 g/mol. The van der Waals surface area contributed by atoms with Crippen LogP contribution in [0.4, 0.5) is 13.2 Å². The number of carbonyl (C=O) groups excluding carboxylic acids is 1. The maximum atomic E-state index is 11.9. The Labute approximate surface area is 114 Å². The van der Waals surface area contributed by atoms with Gasteiger partial charge in [0.2, 0.25) is 5.91 Å². The predicted molar refractivity (Wildman–Crippen MR) is 61.5 cm³/mol. The van der Waals surface area contributed by atoms with Crippen LogP contribution in [0.5, 0.6) is 0 Å². The number of alkyl halides is 3. The van der Waals surface area contributed by atoms with Gasteiger partial charge in [0.25, 0.3) is 0 Å². The fourth-order valence-electron chi connectivity index (χ4n) is 3.46. The summed E-state index contributed by atoms with van der Waals surface area (Å²) in [4.78, 5) is 11.6. The Balaban J connectivity index is 1.29. The first-order valence-corrected chi connectivity index (χ1v) is 6.63. The van der Waals surface area contributed by atoms with Crippen LogP contribution >= 0.6 is 0 Å². The number of ether oxygens (including phenoxy) is 2. The summed E-state index contributed by atoms with van der Waals surface area (Å²) in [6.07, 6.45) is -3.03. The number of nitrogens with two attached hydrogens (primary N) is 1. The number of carbonyl (C=O) groups is 1. The van der Waals surface area contributed by atoms with Gasteiger partial charge in [-0.2, -0.15) is 0 Å². The first kappa shape index (κ1) is 14.1. The lowest BCUT2D eigenvalue weighted by molar-refractivity contribution is -0.357. The molecule has 0 aromatic heterocycles. The number of rotatable bonds is 5. The van der Waals surface area contributed by atoms with Crippen molar-refractivity contribution in [2.45, 2.75) is 61.8 Å². The molecule has 4 aliphatic carbocycles. The maximum Gasteiger partial charge on any atom is 0.522 e. The van der Waals surface area contributed by atoms with Crippen molar-refractivity contribution in [2.75, 3.05) is 6.61 Å². The Morgan fingerprint density at radius 1 is 1.25 bits per heavy atom. The van der Waals surface area contributed by atoms with Gasteiger partial charge in [-0.05, 0) is 19.3 Å². The van der Waals surface area contributed by atoms with Crippen LogP contribution in [0, 0.1) is 0 Å². The fraction of sp³-hybridized carbons (Fsp3) is 0.917. The molecule has 0 aromatic rings. The molecule has 4 saturated carbocycles. The Bertz CT molecular complexity index is 401. The molecule has 5 nitrogen and oxygen atoms in total. The van der Waals surface area contributed by atoms with Crippen LogP contribution < -0.4 is 11.1 Å². The van der Waals surface area contributed by atoms with Crippen molar-refractivity contribution in [3.63, 3.8) is 0 Å². The molecule has 0 unspecified atom stereocenters. The molecule has 2 bridgehead atoms. The topological polar surface area (TPSA) is 73.6 Å². The first-order chi connectivity index (χ1) is 9.17. The van der Waals surface area contributed by atoms with Crippen molar-refractivity contribution in [3.05, 3.63) is 0 Å². The lowest BCUT2D eigenvalue weighted by atomic mass is 9.44.